The third-order valence-electron chi connectivity index (χ3n) is 3.59. The number of nitrogens with one attached hydrogen (secondary N) is 1. The van der Waals surface area contributed by atoms with Crippen LogP contribution in [0.4, 0.5) is 5.69 Å². The number of nitrogens with zero attached hydrogens (tertiary/aromatic N) is 2. The second-order valence-electron chi connectivity index (χ2n) is 5.64. The fraction of sp³-hybridized carbons (Fsp3) is 0.250. The van der Waals surface area contributed by atoms with Crippen LogP contribution < -0.4 is 10.9 Å². The molecule has 0 aliphatic carbocycles. The number of carbonyl (C=O) groups is 2. The van der Waals surface area contributed by atoms with Crippen LogP contribution in [0.2, 0.25) is 0 Å². The Bertz CT molecular complexity index is 807. The van der Waals surface area contributed by atoms with Crippen molar-refractivity contribution in [2.45, 2.75) is 19.3 Å². The molecule has 0 aliphatic heterocycles. The fourth-order valence-electron chi connectivity index (χ4n) is 1.91. The third kappa shape index (κ3) is 3.45. The number of rotatable bonds is 4. The average Bonchev–Trinajstić information content (AvgIpc) is 2.50. The highest BCUT2D eigenvalue weighted by Crippen LogP contribution is 2.24. The Morgan fingerprint density at radius 1 is 1.13 bits per heavy atom. The van der Waals surface area contributed by atoms with Gasteiger partial charge in [-0.2, -0.15) is 5.10 Å². The number of amides is 1. The monoisotopic (exact) mass is 315 g/mol. The van der Waals surface area contributed by atoms with Crippen molar-refractivity contribution in [2.75, 3.05) is 5.32 Å². The topological polar surface area (TPSA) is 101 Å². The van der Waals surface area contributed by atoms with Gasteiger partial charge in [-0.3, -0.25) is 14.4 Å². The lowest BCUT2D eigenvalue weighted by molar-refractivity contribution is -0.142. The van der Waals surface area contributed by atoms with Gasteiger partial charge in [-0.15, -0.1) is 0 Å². The minimum Gasteiger partial charge on any atom is -0.481 e. The molecule has 2 rings (SSSR count). The quantitative estimate of drug-likeness (QED) is 0.888. The summed E-state index contributed by atoms with van der Waals surface area (Å²) in [6.45, 7) is 3.22. The van der Waals surface area contributed by atoms with Crippen LogP contribution >= 0.6 is 0 Å². The minimum atomic E-state index is -1.01. The lowest BCUT2D eigenvalue weighted by Crippen LogP contribution is -2.28. The first-order valence-electron chi connectivity index (χ1n) is 6.91. The fourth-order valence-corrected chi connectivity index (χ4v) is 1.91. The van der Waals surface area contributed by atoms with Crippen molar-refractivity contribution in [3.63, 3.8) is 0 Å². The molecule has 0 fully saturated rings. The van der Waals surface area contributed by atoms with E-state index < -0.39 is 17.3 Å². The van der Waals surface area contributed by atoms with Crippen molar-refractivity contribution in [1.29, 1.82) is 0 Å². The van der Waals surface area contributed by atoms with Gasteiger partial charge in [0.1, 0.15) is 5.69 Å². The molecular weight excluding hydrogens is 298 g/mol. The normalized spacial score (nSPS) is 11.1. The average molecular weight is 315 g/mol. The number of aliphatic carboxylic acids is 1. The van der Waals surface area contributed by atoms with Gasteiger partial charge in [-0.1, -0.05) is 12.1 Å². The maximum absolute atomic E-state index is 12.1. The first kappa shape index (κ1) is 16.4. The molecule has 1 aromatic carbocycles. The van der Waals surface area contributed by atoms with E-state index in [4.69, 9.17) is 0 Å². The van der Waals surface area contributed by atoms with Gasteiger partial charge in [0.05, 0.1) is 5.41 Å². The molecule has 1 heterocycles. The summed E-state index contributed by atoms with van der Waals surface area (Å²) in [5.41, 5.74) is -0.0652. The number of carbonyl (C=O) groups excluding carboxylic acids is 1. The second kappa shape index (κ2) is 6.04. The summed E-state index contributed by atoms with van der Waals surface area (Å²) in [6, 6.07) is 9.16. The number of hydrogen-bond donors (Lipinski definition) is 2. The highest BCUT2D eigenvalue weighted by atomic mass is 16.4. The Balaban J connectivity index is 2.17. The van der Waals surface area contributed by atoms with Gasteiger partial charge in [0.25, 0.3) is 11.5 Å². The number of carboxylic acids is 1. The van der Waals surface area contributed by atoms with E-state index in [9.17, 15) is 19.5 Å². The van der Waals surface area contributed by atoms with Crippen LogP contribution in [-0.2, 0) is 17.3 Å². The number of benzene rings is 1. The van der Waals surface area contributed by atoms with E-state index in [0.29, 0.717) is 11.3 Å². The lowest BCUT2D eigenvalue weighted by Gasteiger charge is -2.19. The molecule has 0 radical (unpaired) electrons. The first-order valence-corrected chi connectivity index (χ1v) is 6.91. The molecule has 120 valence electrons. The summed E-state index contributed by atoms with van der Waals surface area (Å²) < 4.78 is 1.08. The standard InChI is InChI=1S/C16H17N3O4/c1-16(2,15(22)23)10-4-6-11(7-5-10)17-14(21)12-8-9-13(20)19(3)18-12/h4-9H,1-3H3,(H,17,21)(H,22,23). The SMILES string of the molecule is Cn1nc(C(=O)Nc2ccc(C(C)(C)C(=O)O)cc2)ccc1=O. The lowest BCUT2D eigenvalue weighted by atomic mass is 9.85. The van der Waals surface area contributed by atoms with E-state index in [1.165, 1.54) is 19.2 Å². The number of hydrogen-bond acceptors (Lipinski definition) is 4. The molecule has 0 bridgehead atoms. The molecule has 7 heteroatoms. The number of anilines is 1. The molecule has 1 amide bonds. The summed E-state index contributed by atoms with van der Waals surface area (Å²) in [6.07, 6.45) is 0. The van der Waals surface area contributed by atoms with Gasteiger partial charge >= 0.3 is 5.97 Å². The van der Waals surface area contributed by atoms with Crippen LogP contribution in [-0.4, -0.2) is 26.8 Å². The number of aryl methyl sites for hydroxylation is 1. The maximum atomic E-state index is 12.1. The zero-order valence-corrected chi connectivity index (χ0v) is 13.0. The number of aromatic nitrogens is 2. The van der Waals surface area contributed by atoms with Gasteiger partial charge < -0.3 is 10.4 Å². The van der Waals surface area contributed by atoms with Crippen LogP contribution in [0.1, 0.15) is 29.9 Å². The van der Waals surface area contributed by atoms with Gasteiger partial charge in [0, 0.05) is 18.8 Å². The van der Waals surface area contributed by atoms with Crippen molar-refractivity contribution >= 4 is 17.6 Å². The van der Waals surface area contributed by atoms with E-state index in [-0.39, 0.29) is 11.3 Å². The van der Waals surface area contributed by atoms with Crippen LogP contribution in [0, 0.1) is 0 Å². The molecule has 1 aromatic heterocycles. The Morgan fingerprint density at radius 2 is 1.74 bits per heavy atom. The molecule has 2 N–H and O–H groups in total. The molecule has 0 unspecified atom stereocenters. The van der Waals surface area contributed by atoms with Crippen LogP contribution in [0.3, 0.4) is 0 Å². The highest BCUT2D eigenvalue weighted by molar-refractivity contribution is 6.02. The third-order valence-corrected chi connectivity index (χ3v) is 3.59. The largest absolute Gasteiger partial charge is 0.481 e. The molecule has 0 saturated heterocycles. The van der Waals surface area contributed by atoms with Crippen LogP contribution in [0.5, 0.6) is 0 Å². The van der Waals surface area contributed by atoms with E-state index in [0.717, 1.165) is 4.68 Å². The summed E-state index contributed by atoms with van der Waals surface area (Å²) in [5.74, 6) is -1.38. The Hall–Kier alpha value is -2.96. The van der Waals surface area contributed by atoms with Gasteiger partial charge in [0.2, 0.25) is 0 Å². The van der Waals surface area contributed by atoms with E-state index in [2.05, 4.69) is 10.4 Å². The zero-order chi connectivity index (χ0) is 17.2. The minimum absolute atomic E-state index is 0.113. The Labute approximate surface area is 132 Å². The van der Waals surface area contributed by atoms with Gasteiger partial charge in [-0.25, -0.2) is 4.68 Å². The Kier molecular flexibility index (Phi) is 4.31. The van der Waals surface area contributed by atoms with Crippen LogP contribution in [0.15, 0.2) is 41.2 Å². The number of carboxylic acid groups (broad SMARTS) is 1. The van der Waals surface area contributed by atoms with E-state index in [1.807, 2.05) is 0 Å². The molecule has 7 nitrogen and oxygen atoms in total. The van der Waals surface area contributed by atoms with Crippen molar-refractivity contribution < 1.29 is 14.7 Å². The van der Waals surface area contributed by atoms with E-state index in [1.54, 1.807) is 38.1 Å². The summed E-state index contributed by atoms with van der Waals surface area (Å²) in [4.78, 5) is 34.6. The molecule has 2 aromatic rings. The molecule has 0 aliphatic rings. The van der Waals surface area contributed by atoms with E-state index >= 15 is 0 Å². The zero-order valence-electron chi connectivity index (χ0n) is 13.0. The van der Waals surface area contributed by atoms with Gasteiger partial charge in [-0.05, 0) is 37.6 Å². The molecule has 23 heavy (non-hydrogen) atoms. The van der Waals surface area contributed by atoms with Crippen molar-refractivity contribution in [3.8, 4) is 0 Å². The van der Waals surface area contributed by atoms with Crippen LogP contribution in [0.25, 0.3) is 0 Å². The summed E-state index contributed by atoms with van der Waals surface area (Å²) in [7, 11) is 1.46. The smallest absolute Gasteiger partial charge is 0.313 e. The summed E-state index contributed by atoms with van der Waals surface area (Å²) in [5, 5.41) is 15.7. The molecule has 0 atom stereocenters. The van der Waals surface area contributed by atoms with Gasteiger partial charge in [0.15, 0.2) is 0 Å². The van der Waals surface area contributed by atoms with Crippen molar-refractivity contribution in [1.82, 2.24) is 9.78 Å². The molecule has 0 spiro atoms. The second-order valence-corrected chi connectivity index (χ2v) is 5.64. The van der Waals surface area contributed by atoms with Crippen molar-refractivity contribution in [2.24, 2.45) is 7.05 Å². The first-order chi connectivity index (χ1) is 10.7. The molecule has 0 saturated carbocycles. The Morgan fingerprint density at radius 3 is 2.26 bits per heavy atom. The highest BCUT2D eigenvalue weighted by Gasteiger charge is 2.29. The predicted octanol–water partition coefficient (Wildman–Crippen LogP) is 1.39. The maximum Gasteiger partial charge on any atom is 0.313 e. The summed E-state index contributed by atoms with van der Waals surface area (Å²) >= 11 is 0. The van der Waals surface area contributed by atoms with Crippen molar-refractivity contribution in [3.05, 3.63) is 58.0 Å². The predicted molar refractivity (Wildman–Crippen MR) is 84.5 cm³/mol. The molecular formula is C16H17N3O4.